The maximum absolute atomic E-state index is 5.94. The van der Waals surface area contributed by atoms with Gasteiger partial charge in [-0.05, 0) is 25.8 Å². The maximum Gasteiger partial charge on any atom is 0.191 e. The van der Waals surface area contributed by atoms with E-state index in [1.807, 2.05) is 0 Å². The van der Waals surface area contributed by atoms with E-state index in [9.17, 15) is 0 Å². The first kappa shape index (κ1) is 12.0. The maximum atomic E-state index is 5.94. The molecular weight excluding hydrogens is 210 g/mol. The predicted molar refractivity (Wildman–Crippen MR) is 72.1 cm³/mol. The number of hydrogen-bond acceptors (Lipinski definition) is 3. The Labute approximate surface area is 103 Å². The van der Waals surface area contributed by atoms with Gasteiger partial charge in [0.05, 0.1) is 12.6 Å². The molecule has 3 heteroatoms. The summed E-state index contributed by atoms with van der Waals surface area (Å²) < 4.78 is 0. The van der Waals surface area contributed by atoms with Crippen molar-refractivity contribution in [1.29, 1.82) is 0 Å². The fourth-order valence-electron chi connectivity index (χ4n) is 2.53. The van der Waals surface area contributed by atoms with Crippen molar-refractivity contribution in [1.82, 2.24) is 4.90 Å². The summed E-state index contributed by atoms with van der Waals surface area (Å²) in [5, 5.41) is 0. The van der Waals surface area contributed by atoms with Crippen molar-refractivity contribution in [3.63, 3.8) is 0 Å². The van der Waals surface area contributed by atoms with Gasteiger partial charge in [-0.3, -0.25) is 4.99 Å². The summed E-state index contributed by atoms with van der Waals surface area (Å²) in [5.74, 6) is 0.691. The molecule has 1 aliphatic rings. The minimum atomic E-state index is 0.327. The van der Waals surface area contributed by atoms with Gasteiger partial charge >= 0.3 is 0 Å². The Bertz CT molecular complexity index is 417. The number of rotatable bonds is 3. The molecule has 92 valence electrons. The molecule has 0 radical (unpaired) electrons. The highest BCUT2D eigenvalue weighted by Crippen LogP contribution is 2.27. The molecule has 2 N–H and O–H groups in total. The summed E-state index contributed by atoms with van der Waals surface area (Å²) >= 11 is 0. The first-order valence-electron chi connectivity index (χ1n) is 6.26. The molecule has 0 spiro atoms. The van der Waals surface area contributed by atoms with E-state index in [2.05, 4.69) is 48.9 Å². The lowest BCUT2D eigenvalue weighted by atomic mass is 10.0. The lowest BCUT2D eigenvalue weighted by Crippen LogP contribution is -2.36. The number of nitrogens with two attached hydrogens (primary N) is 1. The van der Waals surface area contributed by atoms with E-state index in [4.69, 9.17) is 5.73 Å². The minimum absolute atomic E-state index is 0.327. The van der Waals surface area contributed by atoms with Gasteiger partial charge in [-0.2, -0.15) is 0 Å². The molecule has 2 rings (SSSR count). The minimum Gasteiger partial charge on any atom is -0.370 e. The third-order valence-electron chi connectivity index (χ3n) is 3.19. The van der Waals surface area contributed by atoms with Crippen molar-refractivity contribution in [2.45, 2.75) is 33.2 Å². The molecular formula is C14H21N3. The van der Waals surface area contributed by atoms with Gasteiger partial charge in [0.15, 0.2) is 5.96 Å². The summed E-state index contributed by atoms with van der Waals surface area (Å²) in [6.45, 7) is 8.21. The number of aryl methyl sites for hydroxylation is 2. The van der Waals surface area contributed by atoms with Crippen LogP contribution in [0, 0.1) is 13.8 Å². The van der Waals surface area contributed by atoms with Crippen molar-refractivity contribution in [3.05, 3.63) is 34.9 Å². The third-order valence-corrected chi connectivity index (χ3v) is 3.19. The summed E-state index contributed by atoms with van der Waals surface area (Å²) in [7, 11) is 0. The number of benzene rings is 1. The van der Waals surface area contributed by atoms with E-state index in [0.717, 1.165) is 19.5 Å². The molecule has 0 saturated carbocycles. The highest BCUT2D eigenvalue weighted by molar-refractivity contribution is 5.80. The van der Waals surface area contributed by atoms with Crippen LogP contribution in [0.25, 0.3) is 0 Å². The number of nitrogens with zero attached hydrogens (tertiary/aromatic N) is 2. The van der Waals surface area contributed by atoms with Crippen LogP contribution in [0.2, 0.25) is 0 Å². The Morgan fingerprint density at radius 3 is 2.53 bits per heavy atom. The van der Waals surface area contributed by atoms with Crippen molar-refractivity contribution in [3.8, 4) is 0 Å². The Balaban J connectivity index is 2.27. The fourth-order valence-corrected chi connectivity index (χ4v) is 2.53. The molecule has 0 aliphatic carbocycles. The van der Waals surface area contributed by atoms with Crippen molar-refractivity contribution >= 4 is 5.96 Å². The second kappa shape index (κ2) is 4.78. The Hall–Kier alpha value is -1.51. The van der Waals surface area contributed by atoms with Crippen molar-refractivity contribution < 1.29 is 0 Å². The predicted octanol–water partition coefficient (Wildman–Crippen LogP) is 2.38. The molecule has 1 aromatic carbocycles. The van der Waals surface area contributed by atoms with Crippen LogP contribution in [0.1, 0.15) is 36.1 Å². The van der Waals surface area contributed by atoms with Gasteiger partial charge in [0.25, 0.3) is 0 Å². The van der Waals surface area contributed by atoms with Crippen molar-refractivity contribution in [2.75, 3.05) is 13.1 Å². The van der Waals surface area contributed by atoms with Crippen LogP contribution in [-0.2, 0) is 0 Å². The molecule has 0 amide bonds. The van der Waals surface area contributed by atoms with Crippen molar-refractivity contribution in [2.24, 2.45) is 10.7 Å². The number of aliphatic imine (C=N–C) groups is 1. The molecule has 1 atom stereocenters. The van der Waals surface area contributed by atoms with Gasteiger partial charge in [0, 0.05) is 6.54 Å². The molecule has 1 aliphatic heterocycles. The lowest BCUT2D eigenvalue weighted by Gasteiger charge is -2.26. The Kier molecular flexibility index (Phi) is 3.36. The van der Waals surface area contributed by atoms with E-state index in [1.54, 1.807) is 0 Å². The molecule has 0 saturated heterocycles. The van der Waals surface area contributed by atoms with Gasteiger partial charge in [0.1, 0.15) is 0 Å². The normalized spacial score (nSPS) is 19.6. The second-order valence-corrected chi connectivity index (χ2v) is 4.83. The van der Waals surface area contributed by atoms with Gasteiger partial charge < -0.3 is 10.6 Å². The smallest absolute Gasteiger partial charge is 0.191 e. The largest absolute Gasteiger partial charge is 0.370 e. The standard InChI is InChI=1S/C14H21N3/c1-4-5-17-13(9-16-14(17)15)12-7-10(2)6-11(3)8-12/h6-8,13H,4-5,9H2,1-3H3,(H2,15,16). The highest BCUT2D eigenvalue weighted by atomic mass is 15.3. The molecule has 1 heterocycles. The van der Waals surface area contributed by atoms with Gasteiger partial charge in [-0.15, -0.1) is 0 Å². The third kappa shape index (κ3) is 2.43. The van der Waals surface area contributed by atoms with E-state index < -0.39 is 0 Å². The monoisotopic (exact) mass is 231 g/mol. The molecule has 0 bridgehead atoms. The zero-order valence-electron chi connectivity index (χ0n) is 10.9. The second-order valence-electron chi connectivity index (χ2n) is 4.83. The topological polar surface area (TPSA) is 41.6 Å². The van der Waals surface area contributed by atoms with Crippen LogP contribution in [0.5, 0.6) is 0 Å². The van der Waals surface area contributed by atoms with E-state index >= 15 is 0 Å². The SMILES string of the molecule is CCCN1C(N)=NCC1c1cc(C)cc(C)c1. The number of hydrogen-bond donors (Lipinski definition) is 1. The van der Waals surface area contributed by atoms with E-state index in [1.165, 1.54) is 16.7 Å². The average molecular weight is 231 g/mol. The van der Waals surface area contributed by atoms with Crippen LogP contribution in [0.3, 0.4) is 0 Å². The lowest BCUT2D eigenvalue weighted by molar-refractivity contribution is 0.347. The Morgan fingerprint density at radius 2 is 1.94 bits per heavy atom. The summed E-state index contributed by atoms with van der Waals surface area (Å²) in [6, 6.07) is 7.02. The fraction of sp³-hybridized carbons (Fsp3) is 0.500. The van der Waals surface area contributed by atoms with Crippen LogP contribution in [0.4, 0.5) is 0 Å². The molecule has 1 aromatic rings. The number of guanidine groups is 1. The van der Waals surface area contributed by atoms with Gasteiger partial charge in [-0.25, -0.2) is 0 Å². The molecule has 0 fully saturated rings. The first-order chi connectivity index (χ1) is 8.11. The van der Waals surface area contributed by atoms with Crippen LogP contribution in [0.15, 0.2) is 23.2 Å². The molecule has 0 aromatic heterocycles. The molecule has 3 nitrogen and oxygen atoms in total. The quantitative estimate of drug-likeness (QED) is 0.867. The van der Waals surface area contributed by atoms with E-state index in [-0.39, 0.29) is 0 Å². The first-order valence-corrected chi connectivity index (χ1v) is 6.26. The highest BCUT2D eigenvalue weighted by Gasteiger charge is 2.26. The van der Waals surface area contributed by atoms with E-state index in [0.29, 0.717) is 12.0 Å². The summed E-state index contributed by atoms with van der Waals surface area (Å²) in [5.41, 5.74) is 9.89. The average Bonchev–Trinajstić information content (AvgIpc) is 2.60. The van der Waals surface area contributed by atoms with Gasteiger partial charge in [0.2, 0.25) is 0 Å². The molecule has 1 unspecified atom stereocenters. The van der Waals surface area contributed by atoms with Crippen LogP contribution >= 0.6 is 0 Å². The zero-order chi connectivity index (χ0) is 12.4. The zero-order valence-corrected chi connectivity index (χ0v) is 10.9. The van der Waals surface area contributed by atoms with Crippen LogP contribution < -0.4 is 5.73 Å². The summed E-state index contributed by atoms with van der Waals surface area (Å²) in [4.78, 5) is 6.59. The molecule has 17 heavy (non-hydrogen) atoms. The van der Waals surface area contributed by atoms with Crippen LogP contribution in [-0.4, -0.2) is 23.9 Å². The van der Waals surface area contributed by atoms with Gasteiger partial charge in [-0.1, -0.05) is 36.2 Å². The Morgan fingerprint density at radius 1 is 1.29 bits per heavy atom. The summed E-state index contributed by atoms with van der Waals surface area (Å²) in [6.07, 6.45) is 1.09.